The second kappa shape index (κ2) is 7.89. The average Bonchev–Trinajstić information content (AvgIpc) is 2.56. The van der Waals surface area contributed by atoms with Crippen molar-refractivity contribution in [2.24, 2.45) is 0 Å². The van der Waals surface area contributed by atoms with Crippen LogP contribution >= 0.6 is 15.9 Å². The lowest BCUT2D eigenvalue weighted by atomic mass is 10.2. The molecule has 0 fully saturated rings. The summed E-state index contributed by atoms with van der Waals surface area (Å²) in [4.78, 5) is 34.5. The Morgan fingerprint density at radius 1 is 1.20 bits per heavy atom. The number of carbonyl (C=O) groups excluding carboxylic acids is 2. The Kier molecular flexibility index (Phi) is 5.87. The molecule has 2 aromatic rings. The van der Waals surface area contributed by atoms with Gasteiger partial charge in [-0.25, -0.2) is 4.79 Å². The molecule has 7 nitrogen and oxygen atoms in total. The van der Waals surface area contributed by atoms with Gasteiger partial charge in [0.2, 0.25) is 0 Å². The lowest BCUT2D eigenvalue weighted by Gasteiger charge is -2.13. The van der Waals surface area contributed by atoms with Crippen LogP contribution in [-0.2, 0) is 9.53 Å². The standard InChI is InChI=1S/C17H15BrN2O5/c1-10-3-6-13(7-4-10)19-16(21)11(2)25-17(22)12-5-8-14(18)15(9-12)20(23)24/h3-9,11H,1-2H3,(H,19,21)/t11-/m0/s1. The summed E-state index contributed by atoms with van der Waals surface area (Å²) < 4.78 is 5.33. The minimum atomic E-state index is -1.06. The van der Waals surface area contributed by atoms with E-state index in [4.69, 9.17) is 4.74 Å². The van der Waals surface area contributed by atoms with Gasteiger partial charge in [-0.05, 0) is 54.0 Å². The molecular formula is C17H15BrN2O5. The van der Waals surface area contributed by atoms with Crippen LogP contribution in [0.3, 0.4) is 0 Å². The molecule has 0 aliphatic heterocycles. The highest BCUT2D eigenvalue weighted by atomic mass is 79.9. The fraction of sp³-hybridized carbons (Fsp3) is 0.176. The zero-order valence-electron chi connectivity index (χ0n) is 13.5. The summed E-state index contributed by atoms with van der Waals surface area (Å²) in [6.45, 7) is 3.35. The number of benzene rings is 2. The molecular weight excluding hydrogens is 392 g/mol. The molecule has 130 valence electrons. The normalized spacial score (nSPS) is 11.5. The highest BCUT2D eigenvalue weighted by Gasteiger charge is 2.21. The average molecular weight is 407 g/mol. The second-order valence-corrected chi connectivity index (χ2v) is 6.18. The van der Waals surface area contributed by atoms with Crippen molar-refractivity contribution in [1.82, 2.24) is 0 Å². The molecule has 0 saturated heterocycles. The van der Waals surface area contributed by atoms with Crippen LogP contribution in [0.15, 0.2) is 46.9 Å². The molecule has 0 unspecified atom stereocenters. The summed E-state index contributed by atoms with van der Waals surface area (Å²) in [7, 11) is 0. The molecule has 0 aliphatic rings. The second-order valence-electron chi connectivity index (χ2n) is 5.33. The molecule has 0 bridgehead atoms. The Balaban J connectivity index is 2.04. The van der Waals surface area contributed by atoms with Crippen molar-refractivity contribution in [2.75, 3.05) is 5.32 Å². The highest BCUT2D eigenvalue weighted by Crippen LogP contribution is 2.26. The first-order chi connectivity index (χ1) is 11.8. The summed E-state index contributed by atoms with van der Waals surface area (Å²) in [5.41, 5.74) is 1.36. The number of nitrogens with one attached hydrogen (secondary N) is 1. The predicted octanol–water partition coefficient (Wildman–Crippen LogP) is 3.85. The number of hydrogen-bond donors (Lipinski definition) is 1. The summed E-state index contributed by atoms with van der Waals surface area (Å²) in [5, 5.41) is 13.5. The zero-order chi connectivity index (χ0) is 18.6. The maximum absolute atomic E-state index is 12.1. The maximum atomic E-state index is 12.1. The molecule has 2 aromatic carbocycles. The van der Waals surface area contributed by atoms with E-state index in [1.807, 2.05) is 19.1 Å². The number of hydrogen-bond acceptors (Lipinski definition) is 5. The van der Waals surface area contributed by atoms with Gasteiger partial charge in [-0.1, -0.05) is 17.7 Å². The molecule has 0 radical (unpaired) electrons. The molecule has 0 aliphatic carbocycles. The molecule has 8 heteroatoms. The van der Waals surface area contributed by atoms with E-state index in [0.29, 0.717) is 5.69 Å². The third kappa shape index (κ3) is 4.87. The number of nitro benzene ring substituents is 1. The van der Waals surface area contributed by atoms with E-state index in [2.05, 4.69) is 21.2 Å². The van der Waals surface area contributed by atoms with Crippen LogP contribution in [0.2, 0.25) is 0 Å². The number of amides is 1. The Hall–Kier alpha value is -2.74. The van der Waals surface area contributed by atoms with Gasteiger partial charge < -0.3 is 10.1 Å². The summed E-state index contributed by atoms with van der Waals surface area (Å²) >= 11 is 3.04. The van der Waals surface area contributed by atoms with Crippen LogP contribution in [0.1, 0.15) is 22.8 Å². The van der Waals surface area contributed by atoms with E-state index >= 15 is 0 Å². The van der Waals surface area contributed by atoms with Gasteiger partial charge in [-0.2, -0.15) is 0 Å². The number of nitro groups is 1. The van der Waals surface area contributed by atoms with Gasteiger partial charge in [0.1, 0.15) is 0 Å². The number of nitrogens with zero attached hydrogens (tertiary/aromatic N) is 1. The monoisotopic (exact) mass is 406 g/mol. The molecule has 1 atom stereocenters. The van der Waals surface area contributed by atoms with Gasteiger partial charge in [0.25, 0.3) is 11.6 Å². The lowest BCUT2D eigenvalue weighted by molar-refractivity contribution is -0.385. The quantitative estimate of drug-likeness (QED) is 0.461. The van der Waals surface area contributed by atoms with Crippen LogP contribution in [0, 0.1) is 17.0 Å². The summed E-state index contributed by atoms with van der Waals surface area (Å²) in [6.07, 6.45) is -1.06. The molecule has 0 heterocycles. The van der Waals surface area contributed by atoms with E-state index in [0.717, 1.165) is 11.6 Å². The van der Waals surface area contributed by atoms with Gasteiger partial charge in [0.05, 0.1) is 15.0 Å². The number of esters is 1. The van der Waals surface area contributed by atoms with E-state index in [1.165, 1.54) is 19.1 Å². The predicted molar refractivity (Wildman–Crippen MR) is 95.5 cm³/mol. The fourth-order valence-electron chi connectivity index (χ4n) is 1.94. The molecule has 0 spiro atoms. The number of aryl methyl sites for hydroxylation is 1. The van der Waals surface area contributed by atoms with Crippen molar-refractivity contribution in [3.05, 3.63) is 68.2 Å². The Morgan fingerprint density at radius 2 is 1.84 bits per heavy atom. The van der Waals surface area contributed by atoms with Crippen LogP contribution in [0.4, 0.5) is 11.4 Å². The van der Waals surface area contributed by atoms with E-state index in [-0.39, 0.29) is 15.7 Å². The molecule has 0 aromatic heterocycles. The van der Waals surface area contributed by atoms with Gasteiger partial charge >= 0.3 is 5.97 Å². The lowest BCUT2D eigenvalue weighted by Crippen LogP contribution is -2.30. The number of halogens is 1. The maximum Gasteiger partial charge on any atom is 0.339 e. The number of rotatable bonds is 5. The fourth-order valence-corrected chi connectivity index (χ4v) is 2.33. The SMILES string of the molecule is Cc1ccc(NC(=O)[C@H](C)OC(=O)c2ccc(Br)c([N+](=O)[O-])c2)cc1. The zero-order valence-corrected chi connectivity index (χ0v) is 15.1. The smallest absolute Gasteiger partial charge is 0.339 e. The van der Waals surface area contributed by atoms with Crippen molar-refractivity contribution in [2.45, 2.75) is 20.0 Å². The largest absolute Gasteiger partial charge is 0.449 e. The number of carbonyl (C=O) groups is 2. The van der Waals surface area contributed by atoms with Gasteiger partial charge in [-0.3, -0.25) is 14.9 Å². The van der Waals surface area contributed by atoms with Crippen molar-refractivity contribution < 1.29 is 19.2 Å². The van der Waals surface area contributed by atoms with Crippen LogP contribution in [-0.4, -0.2) is 22.9 Å². The van der Waals surface area contributed by atoms with Crippen LogP contribution < -0.4 is 5.32 Å². The Labute approximate surface area is 152 Å². The first kappa shape index (κ1) is 18.6. The highest BCUT2D eigenvalue weighted by molar-refractivity contribution is 9.10. The van der Waals surface area contributed by atoms with Crippen molar-refractivity contribution in [3.8, 4) is 0 Å². The Bertz CT molecular complexity index is 820. The van der Waals surface area contributed by atoms with Gasteiger partial charge in [0, 0.05) is 11.8 Å². The van der Waals surface area contributed by atoms with Crippen molar-refractivity contribution in [1.29, 1.82) is 0 Å². The minimum absolute atomic E-state index is 0.00936. The third-order valence-corrected chi connectivity index (χ3v) is 4.02. The summed E-state index contributed by atoms with van der Waals surface area (Å²) in [6, 6.07) is 11.0. The number of ether oxygens (including phenoxy) is 1. The number of anilines is 1. The van der Waals surface area contributed by atoms with E-state index in [1.54, 1.807) is 12.1 Å². The van der Waals surface area contributed by atoms with Crippen molar-refractivity contribution >= 4 is 39.2 Å². The van der Waals surface area contributed by atoms with Crippen LogP contribution in [0.5, 0.6) is 0 Å². The molecule has 2 rings (SSSR count). The first-order valence-electron chi connectivity index (χ1n) is 7.30. The van der Waals surface area contributed by atoms with Gasteiger partial charge in [0.15, 0.2) is 6.10 Å². The van der Waals surface area contributed by atoms with Crippen LogP contribution in [0.25, 0.3) is 0 Å². The molecule has 0 saturated carbocycles. The molecule has 1 amide bonds. The first-order valence-corrected chi connectivity index (χ1v) is 8.09. The third-order valence-electron chi connectivity index (χ3n) is 3.35. The minimum Gasteiger partial charge on any atom is -0.449 e. The Morgan fingerprint density at radius 3 is 2.44 bits per heavy atom. The van der Waals surface area contributed by atoms with Gasteiger partial charge in [-0.15, -0.1) is 0 Å². The van der Waals surface area contributed by atoms with E-state index in [9.17, 15) is 19.7 Å². The molecule has 1 N–H and O–H groups in total. The molecule has 25 heavy (non-hydrogen) atoms. The van der Waals surface area contributed by atoms with E-state index < -0.39 is 22.9 Å². The topological polar surface area (TPSA) is 98.5 Å². The van der Waals surface area contributed by atoms with Crippen molar-refractivity contribution in [3.63, 3.8) is 0 Å². The summed E-state index contributed by atoms with van der Waals surface area (Å²) in [5.74, 6) is -1.31.